The van der Waals surface area contributed by atoms with Crippen molar-refractivity contribution in [2.75, 3.05) is 6.54 Å². The molecule has 0 bridgehead atoms. The fourth-order valence-electron chi connectivity index (χ4n) is 2.27. The highest BCUT2D eigenvalue weighted by Crippen LogP contribution is 2.23. The lowest BCUT2D eigenvalue weighted by Gasteiger charge is -2.16. The summed E-state index contributed by atoms with van der Waals surface area (Å²) in [7, 11) is 0. The van der Waals surface area contributed by atoms with Crippen molar-refractivity contribution in [1.82, 2.24) is 5.32 Å². The van der Waals surface area contributed by atoms with Gasteiger partial charge in [0.05, 0.1) is 12.0 Å². The van der Waals surface area contributed by atoms with Gasteiger partial charge in [0.25, 0.3) is 0 Å². The van der Waals surface area contributed by atoms with E-state index in [2.05, 4.69) is 18.3 Å². The molecule has 114 valence electrons. The molecule has 1 aromatic rings. The minimum absolute atomic E-state index is 0.0828. The lowest BCUT2D eigenvalue weighted by Crippen LogP contribution is -2.30. The molecule has 0 saturated carbocycles. The molecule has 0 radical (unpaired) electrons. The molecule has 1 unspecified atom stereocenters. The van der Waals surface area contributed by atoms with Gasteiger partial charge in [-0.2, -0.15) is 5.26 Å². The lowest BCUT2D eigenvalue weighted by atomic mass is 9.93. The molecule has 21 heavy (non-hydrogen) atoms. The Labute approximate surface area is 132 Å². The maximum atomic E-state index is 12.3. The number of nitriles is 1. The molecule has 0 heterocycles. The summed E-state index contributed by atoms with van der Waals surface area (Å²) in [5.74, 6) is -0.0224. The van der Waals surface area contributed by atoms with Crippen LogP contribution < -0.4 is 5.32 Å². The number of hydrogen-bond donors (Lipinski definition) is 1. The number of hydrogen-bond acceptors (Lipinski definition) is 2. The SMILES string of the molecule is CCCC(C(=O)NCCCCCC#N)c1ccc(Cl)cc1. The summed E-state index contributed by atoms with van der Waals surface area (Å²) in [6.07, 6.45) is 5.20. The fraction of sp³-hybridized carbons (Fsp3) is 0.529. The summed E-state index contributed by atoms with van der Waals surface area (Å²) in [6, 6.07) is 9.64. The van der Waals surface area contributed by atoms with Crippen LogP contribution in [-0.2, 0) is 4.79 Å². The van der Waals surface area contributed by atoms with E-state index in [0.717, 1.165) is 37.7 Å². The standard InChI is InChI=1S/C17H23ClN2O/c1-2-7-16(14-8-10-15(18)11-9-14)17(21)20-13-6-4-3-5-12-19/h8-11,16H,2-7,13H2,1H3,(H,20,21). The van der Waals surface area contributed by atoms with Gasteiger partial charge < -0.3 is 5.32 Å². The van der Waals surface area contributed by atoms with E-state index in [0.29, 0.717) is 18.0 Å². The Morgan fingerprint density at radius 2 is 2.00 bits per heavy atom. The Hall–Kier alpha value is -1.53. The van der Waals surface area contributed by atoms with Gasteiger partial charge in [0.1, 0.15) is 0 Å². The van der Waals surface area contributed by atoms with Crippen molar-refractivity contribution in [3.05, 3.63) is 34.9 Å². The molecule has 1 aromatic carbocycles. The average Bonchev–Trinajstić information content (AvgIpc) is 2.49. The molecule has 3 nitrogen and oxygen atoms in total. The van der Waals surface area contributed by atoms with Crippen LogP contribution in [0.4, 0.5) is 0 Å². The number of halogens is 1. The normalized spacial score (nSPS) is 11.7. The first-order chi connectivity index (χ1) is 10.2. The Balaban J connectivity index is 2.46. The van der Waals surface area contributed by atoms with Crippen molar-refractivity contribution in [2.24, 2.45) is 0 Å². The Morgan fingerprint density at radius 1 is 1.29 bits per heavy atom. The number of nitrogens with one attached hydrogen (secondary N) is 1. The third-order valence-electron chi connectivity index (χ3n) is 3.43. The van der Waals surface area contributed by atoms with E-state index in [-0.39, 0.29) is 11.8 Å². The van der Waals surface area contributed by atoms with Crippen LogP contribution in [-0.4, -0.2) is 12.5 Å². The molecule has 0 saturated heterocycles. The number of carbonyl (C=O) groups excluding carboxylic acids is 1. The van der Waals surface area contributed by atoms with E-state index >= 15 is 0 Å². The minimum Gasteiger partial charge on any atom is -0.356 e. The highest BCUT2D eigenvalue weighted by molar-refractivity contribution is 6.30. The molecule has 0 fully saturated rings. The summed E-state index contributed by atoms with van der Waals surface area (Å²) in [4.78, 5) is 12.3. The molecule has 0 aliphatic rings. The van der Waals surface area contributed by atoms with E-state index in [1.165, 1.54) is 0 Å². The van der Waals surface area contributed by atoms with Gasteiger partial charge in [0.15, 0.2) is 0 Å². The Morgan fingerprint density at radius 3 is 2.62 bits per heavy atom. The summed E-state index contributed by atoms with van der Waals surface area (Å²) in [5.41, 5.74) is 1.02. The van der Waals surface area contributed by atoms with E-state index in [9.17, 15) is 4.79 Å². The first kappa shape index (κ1) is 17.5. The van der Waals surface area contributed by atoms with Crippen LogP contribution in [0.5, 0.6) is 0 Å². The van der Waals surface area contributed by atoms with Gasteiger partial charge in [0, 0.05) is 18.0 Å². The van der Waals surface area contributed by atoms with Gasteiger partial charge in [-0.1, -0.05) is 43.5 Å². The maximum absolute atomic E-state index is 12.3. The number of amides is 1. The molecule has 1 rings (SSSR count). The van der Waals surface area contributed by atoms with Crippen LogP contribution in [0.1, 0.15) is 56.9 Å². The maximum Gasteiger partial charge on any atom is 0.227 e. The second-order valence-electron chi connectivity index (χ2n) is 5.15. The predicted molar refractivity (Wildman–Crippen MR) is 86.2 cm³/mol. The molecule has 0 aliphatic heterocycles. The number of carbonyl (C=O) groups is 1. The zero-order valence-electron chi connectivity index (χ0n) is 12.6. The van der Waals surface area contributed by atoms with Gasteiger partial charge in [-0.25, -0.2) is 0 Å². The van der Waals surface area contributed by atoms with Crippen molar-refractivity contribution in [1.29, 1.82) is 5.26 Å². The second-order valence-corrected chi connectivity index (χ2v) is 5.59. The smallest absolute Gasteiger partial charge is 0.227 e. The van der Waals surface area contributed by atoms with Gasteiger partial charge in [0.2, 0.25) is 5.91 Å². The first-order valence-corrected chi connectivity index (χ1v) is 7.97. The Kier molecular flexibility index (Phi) is 8.54. The van der Waals surface area contributed by atoms with Crippen LogP contribution in [0, 0.1) is 11.3 Å². The molecule has 0 aliphatic carbocycles. The van der Waals surface area contributed by atoms with Crippen molar-refractivity contribution in [2.45, 2.75) is 51.4 Å². The van der Waals surface area contributed by atoms with E-state index in [4.69, 9.17) is 16.9 Å². The van der Waals surface area contributed by atoms with Crippen molar-refractivity contribution >= 4 is 17.5 Å². The van der Waals surface area contributed by atoms with Crippen molar-refractivity contribution < 1.29 is 4.79 Å². The molecule has 4 heteroatoms. The summed E-state index contributed by atoms with van der Waals surface area (Å²) < 4.78 is 0. The number of unbranched alkanes of at least 4 members (excludes halogenated alkanes) is 3. The third kappa shape index (κ3) is 6.64. The minimum atomic E-state index is -0.105. The van der Waals surface area contributed by atoms with Gasteiger partial charge in [-0.15, -0.1) is 0 Å². The number of benzene rings is 1. The summed E-state index contributed by atoms with van der Waals surface area (Å²) in [6.45, 7) is 2.76. The molecular weight excluding hydrogens is 284 g/mol. The third-order valence-corrected chi connectivity index (χ3v) is 3.68. The van der Waals surface area contributed by atoms with E-state index in [1.54, 1.807) is 0 Å². The van der Waals surface area contributed by atoms with Gasteiger partial charge in [-0.3, -0.25) is 4.79 Å². The number of nitrogens with zero attached hydrogens (tertiary/aromatic N) is 1. The monoisotopic (exact) mass is 306 g/mol. The molecule has 1 amide bonds. The molecular formula is C17H23ClN2O. The van der Waals surface area contributed by atoms with Crippen molar-refractivity contribution in [3.63, 3.8) is 0 Å². The second kappa shape index (κ2) is 10.2. The zero-order valence-corrected chi connectivity index (χ0v) is 13.3. The van der Waals surface area contributed by atoms with Gasteiger partial charge in [-0.05, 0) is 37.0 Å². The largest absolute Gasteiger partial charge is 0.356 e. The van der Waals surface area contributed by atoms with E-state index in [1.807, 2.05) is 24.3 Å². The van der Waals surface area contributed by atoms with Crippen LogP contribution in [0.2, 0.25) is 5.02 Å². The molecule has 1 N–H and O–H groups in total. The van der Waals surface area contributed by atoms with Gasteiger partial charge >= 0.3 is 0 Å². The molecule has 0 spiro atoms. The Bertz CT molecular complexity index is 465. The molecule has 1 atom stereocenters. The van der Waals surface area contributed by atoms with E-state index < -0.39 is 0 Å². The predicted octanol–water partition coefficient (Wildman–Crippen LogP) is 4.42. The molecule has 0 aromatic heterocycles. The number of rotatable bonds is 9. The fourth-order valence-corrected chi connectivity index (χ4v) is 2.40. The topological polar surface area (TPSA) is 52.9 Å². The van der Waals surface area contributed by atoms with Crippen molar-refractivity contribution in [3.8, 4) is 6.07 Å². The average molecular weight is 307 g/mol. The van der Waals surface area contributed by atoms with Crippen LogP contribution in [0.3, 0.4) is 0 Å². The van der Waals surface area contributed by atoms with Crippen LogP contribution >= 0.6 is 11.6 Å². The quantitative estimate of drug-likeness (QED) is 0.686. The zero-order chi connectivity index (χ0) is 15.5. The first-order valence-electron chi connectivity index (χ1n) is 7.59. The summed E-state index contributed by atoms with van der Waals surface area (Å²) >= 11 is 5.89. The summed E-state index contributed by atoms with van der Waals surface area (Å²) in [5, 5.41) is 12.1. The van der Waals surface area contributed by atoms with Crippen LogP contribution in [0.25, 0.3) is 0 Å². The lowest BCUT2D eigenvalue weighted by molar-refractivity contribution is -0.122. The van der Waals surface area contributed by atoms with Crippen LogP contribution in [0.15, 0.2) is 24.3 Å². The highest BCUT2D eigenvalue weighted by atomic mass is 35.5. The highest BCUT2D eigenvalue weighted by Gasteiger charge is 2.19.